The SMILES string of the molecule is N#Cc1ccnc(OCCSc2ncn(C(c3ccccc3)(c3ccccc3)c3ccccc3)n2)c1. The Hall–Kier alpha value is -4.41. The molecule has 0 aliphatic heterocycles. The van der Waals surface area contributed by atoms with Crippen molar-refractivity contribution in [3.8, 4) is 11.9 Å². The molecule has 7 heteroatoms. The van der Waals surface area contributed by atoms with Gasteiger partial charge < -0.3 is 4.74 Å². The summed E-state index contributed by atoms with van der Waals surface area (Å²) in [5.41, 5.74) is 3.11. The lowest BCUT2D eigenvalue weighted by Crippen LogP contribution is -2.38. The number of nitrogens with zero attached hydrogens (tertiary/aromatic N) is 5. The van der Waals surface area contributed by atoms with Gasteiger partial charge in [-0.1, -0.05) is 103 Å². The van der Waals surface area contributed by atoms with Gasteiger partial charge in [-0.05, 0) is 22.8 Å². The Bertz CT molecular complexity index is 1350. The van der Waals surface area contributed by atoms with Gasteiger partial charge in [0.15, 0.2) is 0 Å². The van der Waals surface area contributed by atoms with Crippen LogP contribution in [0.2, 0.25) is 0 Å². The van der Waals surface area contributed by atoms with Crippen LogP contribution in [-0.2, 0) is 5.54 Å². The Labute approximate surface area is 214 Å². The first kappa shape index (κ1) is 23.3. The lowest BCUT2D eigenvalue weighted by Gasteiger charge is -2.35. The van der Waals surface area contributed by atoms with Gasteiger partial charge in [-0.3, -0.25) is 0 Å². The third-order valence-corrected chi connectivity index (χ3v) is 6.63. The Morgan fingerprint density at radius 1 is 0.806 bits per heavy atom. The molecular formula is C29H23N5OS. The van der Waals surface area contributed by atoms with Crippen molar-refractivity contribution in [2.24, 2.45) is 0 Å². The van der Waals surface area contributed by atoms with Gasteiger partial charge >= 0.3 is 0 Å². The minimum atomic E-state index is -0.687. The van der Waals surface area contributed by atoms with Crippen molar-refractivity contribution >= 4 is 11.8 Å². The largest absolute Gasteiger partial charge is 0.477 e. The normalized spacial score (nSPS) is 11.1. The maximum atomic E-state index is 9.04. The summed E-state index contributed by atoms with van der Waals surface area (Å²) < 4.78 is 7.66. The van der Waals surface area contributed by atoms with E-state index in [9.17, 15) is 0 Å². The highest BCUT2D eigenvalue weighted by Crippen LogP contribution is 2.40. The van der Waals surface area contributed by atoms with Gasteiger partial charge in [0.05, 0.1) is 18.2 Å². The molecule has 0 atom stereocenters. The first-order chi connectivity index (χ1) is 17.8. The minimum Gasteiger partial charge on any atom is -0.477 e. The number of aromatic nitrogens is 4. The molecule has 2 aromatic heterocycles. The minimum absolute atomic E-state index is 0.419. The van der Waals surface area contributed by atoms with E-state index in [4.69, 9.17) is 15.1 Å². The topological polar surface area (TPSA) is 76.6 Å². The number of rotatable bonds is 9. The molecule has 6 nitrogen and oxygen atoms in total. The summed E-state index contributed by atoms with van der Waals surface area (Å²) in [4.78, 5) is 8.78. The number of ether oxygens (including phenoxy) is 1. The zero-order chi connectivity index (χ0) is 24.6. The molecule has 0 unspecified atom stereocenters. The van der Waals surface area contributed by atoms with Crippen LogP contribution in [0.3, 0.4) is 0 Å². The molecule has 176 valence electrons. The van der Waals surface area contributed by atoms with Crippen molar-refractivity contribution in [2.45, 2.75) is 10.7 Å². The van der Waals surface area contributed by atoms with Crippen LogP contribution >= 0.6 is 11.8 Å². The van der Waals surface area contributed by atoms with Crippen LogP contribution in [0.5, 0.6) is 5.88 Å². The fraction of sp³-hybridized carbons (Fsp3) is 0.103. The molecule has 0 saturated carbocycles. The number of thioether (sulfide) groups is 1. The lowest BCUT2D eigenvalue weighted by atomic mass is 9.77. The van der Waals surface area contributed by atoms with Crippen LogP contribution in [-0.4, -0.2) is 32.1 Å². The van der Waals surface area contributed by atoms with Gasteiger partial charge in [0.2, 0.25) is 11.0 Å². The van der Waals surface area contributed by atoms with Gasteiger partial charge in [0.25, 0.3) is 0 Å². The summed E-state index contributed by atoms with van der Waals surface area (Å²) in [6.07, 6.45) is 3.37. The smallest absolute Gasteiger partial charge is 0.214 e. The van der Waals surface area contributed by atoms with E-state index >= 15 is 0 Å². The van der Waals surface area contributed by atoms with Crippen LogP contribution < -0.4 is 4.74 Å². The van der Waals surface area contributed by atoms with E-state index < -0.39 is 5.54 Å². The predicted molar refractivity (Wildman–Crippen MR) is 140 cm³/mol. The van der Waals surface area contributed by atoms with Crippen molar-refractivity contribution in [1.82, 2.24) is 19.7 Å². The van der Waals surface area contributed by atoms with Crippen molar-refractivity contribution in [2.75, 3.05) is 12.4 Å². The summed E-state index contributed by atoms with van der Waals surface area (Å²) >= 11 is 1.51. The second kappa shape index (κ2) is 10.9. The summed E-state index contributed by atoms with van der Waals surface area (Å²) in [5, 5.41) is 14.6. The molecule has 36 heavy (non-hydrogen) atoms. The summed E-state index contributed by atoms with van der Waals surface area (Å²) in [6, 6.07) is 36.5. The Balaban J connectivity index is 1.45. The van der Waals surface area contributed by atoms with Crippen LogP contribution in [0.15, 0.2) is 121 Å². The molecule has 0 aliphatic carbocycles. The number of benzene rings is 3. The fourth-order valence-corrected chi connectivity index (χ4v) is 4.86. The number of pyridine rings is 1. The first-order valence-electron chi connectivity index (χ1n) is 11.5. The second-order valence-electron chi connectivity index (χ2n) is 7.97. The summed E-state index contributed by atoms with van der Waals surface area (Å²) in [5.74, 6) is 1.07. The van der Waals surface area contributed by atoms with Crippen LogP contribution in [0, 0.1) is 11.3 Å². The monoisotopic (exact) mass is 489 g/mol. The molecule has 5 aromatic rings. The van der Waals surface area contributed by atoms with E-state index in [1.807, 2.05) is 22.9 Å². The van der Waals surface area contributed by atoms with E-state index in [-0.39, 0.29) is 0 Å². The van der Waals surface area contributed by atoms with Crippen molar-refractivity contribution in [3.05, 3.63) is 138 Å². The molecule has 0 fully saturated rings. The van der Waals surface area contributed by atoms with Crippen molar-refractivity contribution in [1.29, 1.82) is 5.26 Å². The molecule has 0 N–H and O–H groups in total. The highest BCUT2D eigenvalue weighted by atomic mass is 32.2. The molecule has 0 radical (unpaired) electrons. The van der Waals surface area contributed by atoms with Crippen molar-refractivity contribution < 1.29 is 4.74 Å². The second-order valence-corrected chi connectivity index (χ2v) is 9.03. The summed E-state index contributed by atoms with van der Waals surface area (Å²) in [7, 11) is 0. The highest BCUT2D eigenvalue weighted by Gasteiger charge is 2.39. The fourth-order valence-electron chi connectivity index (χ4n) is 4.25. The maximum absolute atomic E-state index is 9.04. The van der Waals surface area contributed by atoms with E-state index in [1.165, 1.54) is 11.8 Å². The molecule has 0 amide bonds. The van der Waals surface area contributed by atoms with E-state index in [2.05, 4.69) is 88.8 Å². The highest BCUT2D eigenvalue weighted by molar-refractivity contribution is 7.99. The number of nitriles is 1. The zero-order valence-corrected chi connectivity index (χ0v) is 20.3. The Morgan fingerprint density at radius 3 is 1.94 bits per heavy atom. The number of hydrogen-bond donors (Lipinski definition) is 0. The van der Waals surface area contributed by atoms with Crippen LogP contribution in [0.1, 0.15) is 22.3 Å². The van der Waals surface area contributed by atoms with Gasteiger partial charge in [-0.15, -0.1) is 5.10 Å². The molecular weight excluding hydrogens is 466 g/mol. The first-order valence-corrected chi connectivity index (χ1v) is 12.5. The standard InChI is InChI=1S/C29H23N5OS/c30-21-23-16-17-31-27(20-23)35-18-19-36-28-32-22-34(33-28)29(24-10-4-1-5-11-24,25-12-6-2-7-13-25)26-14-8-3-9-15-26/h1-17,20,22H,18-19H2. The molecule has 0 spiro atoms. The predicted octanol–water partition coefficient (Wildman–Crippen LogP) is 5.56. The number of hydrogen-bond acceptors (Lipinski definition) is 6. The zero-order valence-electron chi connectivity index (χ0n) is 19.4. The maximum Gasteiger partial charge on any atom is 0.214 e. The third-order valence-electron chi connectivity index (χ3n) is 5.82. The van der Waals surface area contributed by atoms with Gasteiger partial charge in [-0.2, -0.15) is 5.26 Å². The quantitative estimate of drug-likeness (QED) is 0.153. The molecule has 5 rings (SSSR count). The molecule has 3 aromatic carbocycles. The average Bonchev–Trinajstić information content (AvgIpc) is 3.42. The third kappa shape index (κ3) is 4.72. The summed E-state index contributed by atoms with van der Waals surface area (Å²) in [6.45, 7) is 0.419. The van der Waals surface area contributed by atoms with Gasteiger partial charge in [-0.25, -0.2) is 14.6 Å². The molecule has 0 bridgehead atoms. The van der Waals surface area contributed by atoms with Gasteiger partial charge in [0, 0.05) is 18.0 Å². The van der Waals surface area contributed by atoms with Crippen LogP contribution in [0.25, 0.3) is 0 Å². The lowest BCUT2D eigenvalue weighted by molar-refractivity contribution is 0.330. The average molecular weight is 490 g/mol. The van der Waals surface area contributed by atoms with Crippen molar-refractivity contribution in [3.63, 3.8) is 0 Å². The van der Waals surface area contributed by atoms with E-state index in [1.54, 1.807) is 24.7 Å². The molecule has 0 aliphatic rings. The van der Waals surface area contributed by atoms with E-state index in [0.29, 0.717) is 29.0 Å². The molecule has 0 saturated heterocycles. The van der Waals surface area contributed by atoms with Crippen LogP contribution in [0.4, 0.5) is 0 Å². The van der Waals surface area contributed by atoms with Gasteiger partial charge in [0.1, 0.15) is 11.9 Å². The Morgan fingerprint density at radius 2 is 1.39 bits per heavy atom. The molecule has 2 heterocycles. The van der Waals surface area contributed by atoms with E-state index in [0.717, 1.165) is 16.7 Å². The Kier molecular flexibility index (Phi) is 7.06.